The molecule has 5 heteroatoms. The minimum absolute atomic E-state index is 0.829. The molecule has 5 rings (SSSR count). The number of carbonyl (C=O) groups is 1. The summed E-state index contributed by atoms with van der Waals surface area (Å²) in [7, 11) is 0. The third-order valence-corrected chi connectivity index (χ3v) is 9.76. The summed E-state index contributed by atoms with van der Waals surface area (Å²) in [4.78, 5) is 17.9. The molecule has 0 N–H and O–H groups in total. The lowest BCUT2D eigenvalue weighted by Crippen LogP contribution is -1.85. The number of hydrogen-bond acceptors (Lipinski definition) is 5. The molecule has 0 aliphatic rings. The molecule has 0 fully saturated rings. The lowest BCUT2D eigenvalue weighted by atomic mass is 10.1. The largest absolute Gasteiger partial charge is 0.298 e. The van der Waals surface area contributed by atoms with E-state index in [9.17, 15) is 4.79 Å². The van der Waals surface area contributed by atoms with E-state index in [2.05, 4.69) is 56.3 Å². The molecule has 0 aliphatic heterocycles. The summed E-state index contributed by atoms with van der Waals surface area (Å²) in [5.74, 6) is 0. The van der Waals surface area contributed by atoms with Crippen molar-refractivity contribution in [2.24, 2.45) is 0 Å². The lowest BCUT2D eigenvalue weighted by Gasteiger charge is -1.98. The molecule has 1 nitrogen and oxygen atoms in total. The second-order valence-electron chi connectivity index (χ2n) is 7.51. The highest BCUT2D eigenvalue weighted by Crippen LogP contribution is 2.38. The zero-order chi connectivity index (χ0) is 20.7. The number of fused-ring (bicyclic) bond motifs is 1. The Morgan fingerprint density at radius 3 is 2.13 bits per heavy atom. The van der Waals surface area contributed by atoms with Gasteiger partial charge in [0.15, 0.2) is 6.29 Å². The van der Waals surface area contributed by atoms with Crippen molar-refractivity contribution in [1.29, 1.82) is 0 Å². The van der Waals surface area contributed by atoms with Crippen LogP contribution in [0.2, 0.25) is 0 Å². The van der Waals surface area contributed by atoms with Crippen LogP contribution in [-0.2, 0) is 12.8 Å². The quantitative estimate of drug-likeness (QED) is 0.231. The van der Waals surface area contributed by atoms with Gasteiger partial charge < -0.3 is 0 Å². The number of hydrogen-bond donors (Lipinski definition) is 0. The van der Waals surface area contributed by atoms with Crippen molar-refractivity contribution in [3.05, 3.63) is 90.1 Å². The first kappa shape index (κ1) is 19.9. The summed E-state index contributed by atoms with van der Waals surface area (Å²) in [5, 5.41) is 2.00. The van der Waals surface area contributed by atoms with E-state index in [1.165, 1.54) is 45.6 Å². The SMILES string of the molecule is Cc1ccc(-c2cc(C)c(Cc3cc4sc(Cc5sccc5C=O)cc4s3)s2)cc1. The van der Waals surface area contributed by atoms with E-state index in [1.54, 1.807) is 11.3 Å². The molecule has 5 aromatic rings. The first-order valence-electron chi connectivity index (χ1n) is 9.78. The average Bonchev–Trinajstić information content (AvgIpc) is 3.48. The third kappa shape index (κ3) is 3.95. The second-order valence-corrected chi connectivity index (χ2v) is 12.0. The highest BCUT2D eigenvalue weighted by Gasteiger charge is 2.13. The molecule has 4 heterocycles. The van der Waals surface area contributed by atoms with Crippen LogP contribution in [0.15, 0.2) is 53.9 Å². The first-order chi connectivity index (χ1) is 14.6. The molecule has 0 saturated heterocycles. The van der Waals surface area contributed by atoms with E-state index in [4.69, 9.17) is 0 Å². The predicted octanol–water partition coefficient (Wildman–Crippen LogP) is 8.36. The number of thiophene rings is 4. The standard InChI is InChI=1S/C25H20OS4/c1-15-3-5-17(6-4-15)23-9-16(2)21(30-23)10-19-12-24-25(28-19)13-20(29-24)11-22-18(14-26)7-8-27-22/h3-9,12-14H,10-11H2,1-2H3. The number of benzene rings is 1. The summed E-state index contributed by atoms with van der Waals surface area (Å²) >= 11 is 7.34. The number of aldehydes is 1. The second kappa shape index (κ2) is 8.23. The fourth-order valence-corrected chi connectivity index (χ4v) is 8.31. The predicted molar refractivity (Wildman–Crippen MR) is 134 cm³/mol. The van der Waals surface area contributed by atoms with Gasteiger partial charge in [-0.2, -0.15) is 0 Å². The van der Waals surface area contributed by atoms with E-state index in [-0.39, 0.29) is 0 Å². The normalized spacial score (nSPS) is 11.4. The van der Waals surface area contributed by atoms with Crippen LogP contribution in [0.4, 0.5) is 0 Å². The zero-order valence-corrected chi connectivity index (χ0v) is 20.0. The molecule has 150 valence electrons. The number of rotatable bonds is 6. The van der Waals surface area contributed by atoms with Crippen LogP contribution < -0.4 is 0 Å². The molecular weight excluding hydrogens is 445 g/mol. The third-order valence-electron chi connectivity index (χ3n) is 5.24. The van der Waals surface area contributed by atoms with Crippen LogP contribution in [0.3, 0.4) is 0 Å². The van der Waals surface area contributed by atoms with Gasteiger partial charge in [0.25, 0.3) is 0 Å². The van der Waals surface area contributed by atoms with Crippen molar-refractivity contribution in [3.8, 4) is 10.4 Å². The lowest BCUT2D eigenvalue weighted by molar-refractivity contribution is 0.112. The Morgan fingerprint density at radius 2 is 1.47 bits per heavy atom. The Kier molecular flexibility index (Phi) is 5.46. The molecule has 0 aliphatic carbocycles. The maximum atomic E-state index is 11.2. The van der Waals surface area contributed by atoms with Gasteiger partial charge in [0, 0.05) is 52.2 Å². The van der Waals surface area contributed by atoms with Gasteiger partial charge in [-0.25, -0.2) is 0 Å². The van der Waals surface area contributed by atoms with E-state index in [0.717, 1.165) is 29.6 Å². The first-order valence-corrected chi connectivity index (χ1v) is 13.1. The fraction of sp³-hybridized carbons (Fsp3) is 0.160. The van der Waals surface area contributed by atoms with Crippen molar-refractivity contribution >= 4 is 61.0 Å². The smallest absolute Gasteiger partial charge is 0.151 e. The van der Waals surface area contributed by atoms with Gasteiger partial charge in [0.05, 0.1) is 0 Å². The van der Waals surface area contributed by atoms with Gasteiger partial charge in [-0.1, -0.05) is 29.8 Å². The van der Waals surface area contributed by atoms with Gasteiger partial charge in [-0.15, -0.1) is 45.3 Å². The van der Waals surface area contributed by atoms with Crippen LogP contribution in [0.25, 0.3) is 19.8 Å². The topological polar surface area (TPSA) is 17.1 Å². The van der Waals surface area contributed by atoms with Crippen molar-refractivity contribution in [2.45, 2.75) is 26.7 Å². The molecule has 0 unspecified atom stereocenters. The summed E-state index contributed by atoms with van der Waals surface area (Å²) in [6.07, 6.45) is 2.83. The molecule has 0 bridgehead atoms. The number of aryl methyl sites for hydroxylation is 2. The Bertz CT molecular complexity index is 1300. The van der Waals surface area contributed by atoms with Crippen LogP contribution in [-0.4, -0.2) is 6.29 Å². The van der Waals surface area contributed by atoms with Gasteiger partial charge in [0.1, 0.15) is 0 Å². The van der Waals surface area contributed by atoms with Crippen molar-refractivity contribution < 1.29 is 4.79 Å². The molecule has 30 heavy (non-hydrogen) atoms. The van der Waals surface area contributed by atoms with Crippen LogP contribution in [0.1, 0.15) is 41.0 Å². The average molecular weight is 465 g/mol. The molecule has 1 aromatic carbocycles. The molecular formula is C25H20OS4. The van der Waals surface area contributed by atoms with E-state index in [0.29, 0.717) is 0 Å². The minimum Gasteiger partial charge on any atom is -0.298 e. The Morgan fingerprint density at radius 1 is 0.800 bits per heavy atom. The van der Waals surface area contributed by atoms with E-state index < -0.39 is 0 Å². The summed E-state index contributed by atoms with van der Waals surface area (Å²) in [6.45, 7) is 4.35. The molecule has 0 radical (unpaired) electrons. The highest BCUT2D eigenvalue weighted by atomic mass is 32.1. The minimum atomic E-state index is 0.829. The van der Waals surface area contributed by atoms with E-state index >= 15 is 0 Å². The Labute approximate surface area is 192 Å². The Balaban J connectivity index is 1.35. The van der Waals surface area contributed by atoms with Gasteiger partial charge in [-0.05, 0) is 54.6 Å². The summed E-state index contributed by atoms with van der Waals surface area (Å²) in [6, 6.07) is 17.7. The van der Waals surface area contributed by atoms with Crippen molar-refractivity contribution in [2.75, 3.05) is 0 Å². The molecule has 4 aromatic heterocycles. The van der Waals surface area contributed by atoms with E-state index in [1.807, 2.05) is 45.5 Å². The molecule has 0 saturated carbocycles. The van der Waals surface area contributed by atoms with Crippen LogP contribution in [0.5, 0.6) is 0 Å². The summed E-state index contributed by atoms with van der Waals surface area (Å²) < 4.78 is 2.73. The number of carbonyl (C=O) groups excluding carboxylic acids is 1. The van der Waals surface area contributed by atoms with Crippen LogP contribution >= 0.6 is 45.3 Å². The van der Waals surface area contributed by atoms with Crippen molar-refractivity contribution in [3.63, 3.8) is 0 Å². The molecule has 0 atom stereocenters. The molecule has 0 spiro atoms. The fourth-order valence-electron chi connectivity index (χ4n) is 3.58. The summed E-state index contributed by atoms with van der Waals surface area (Å²) in [5.41, 5.74) is 4.81. The van der Waals surface area contributed by atoms with Gasteiger partial charge in [0.2, 0.25) is 0 Å². The monoisotopic (exact) mass is 464 g/mol. The van der Waals surface area contributed by atoms with Crippen LogP contribution in [0, 0.1) is 13.8 Å². The maximum absolute atomic E-state index is 11.2. The Hall–Kier alpha value is -2.05. The van der Waals surface area contributed by atoms with Crippen molar-refractivity contribution in [1.82, 2.24) is 0 Å². The highest BCUT2D eigenvalue weighted by molar-refractivity contribution is 7.28. The zero-order valence-electron chi connectivity index (χ0n) is 16.7. The van der Waals surface area contributed by atoms with Gasteiger partial charge in [-0.3, -0.25) is 4.79 Å². The van der Waals surface area contributed by atoms with Gasteiger partial charge >= 0.3 is 0 Å². The maximum Gasteiger partial charge on any atom is 0.151 e. The molecule has 0 amide bonds.